The zero-order chi connectivity index (χ0) is 48.3. The number of hydrogen-bond donors (Lipinski definition) is 0. The highest BCUT2D eigenvalue weighted by molar-refractivity contribution is 7.33. The van der Waals surface area contributed by atoms with Gasteiger partial charge in [0.25, 0.3) is 6.71 Å². The summed E-state index contributed by atoms with van der Waals surface area (Å²) in [5.74, 6) is 1.91. The molecule has 3 aromatic heterocycles. The fourth-order valence-corrected chi connectivity index (χ4v) is 13.3. The highest BCUT2D eigenvalue weighted by Crippen LogP contribution is 2.52. The molecule has 1 aliphatic carbocycles. The Morgan fingerprint density at radius 1 is 0.522 bits per heavy atom. The normalized spacial score (nSPS) is 16.2. The number of rotatable bonds is 3. The fraction of sp³-hybridized carbons (Fsp3) is 0.317. The zero-order valence-corrected chi connectivity index (χ0v) is 43.7. The number of para-hydroxylation sites is 2. The number of anilines is 6. The molecule has 9 aromatic rings. The van der Waals surface area contributed by atoms with Crippen LogP contribution in [0.3, 0.4) is 0 Å². The van der Waals surface area contributed by atoms with E-state index < -0.39 is 0 Å². The minimum atomic E-state index is -0.0506. The molecule has 0 radical (unpaired) electrons. The molecule has 2 aliphatic heterocycles. The molecule has 4 nitrogen and oxygen atoms in total. The minimum Gasteiger partial charge on any atom is -0.311 e. The SMILES string of the molecule is CC(C)(C)c1ccc(N2c3ccc(C(C)(C)C)cc3B3c4sc5cc(C(C)(C)C)ccc5c4N(c4ccc5c(c4)C(C)(C)CCC5(C)C)c4nc(-n5c6ccccc6c6ccccc65)cc2c43)cc1. The van der Waals surface area contributed by atoms with E-state index in [0.717, 1.165) is 34.8 Å². The van der Waals surface area contributed by atoms with E-state index in [0.29, 0.717) is 0 Å². The molecule has 0 atom stereocenters. The molecule has 0 unspecified atom stereocenters. The van der Waals surface area contributed by atoms with Crippen LogP contribution in [0.25, 0.3) is 37.7 Å². The summed E-state index contributed by atoms with van der Waals surface area (Å²) in [7, 11) is 0. The van der Waals surface area contributed by atoms with Crippen molar-refractivity contribution in [3.05, 3.63) is 161 Å². The molecule has 0 amide bonds. The van der Waals surface area contributed by atoms with Crippen molar-refractivity contribution >= 4 is 99.9 Å². The van der Waals surface area contributed by atoms with Crippen LogP contribution in [-0.4, -0.2) is 16.3 Å². The van der Waals surface area contributed by atoms with Gasteiger partial charge in [-0.25, -0.2) is 4.98 Å². The second kappa shape index (κ2) is 14.7. The first kappa shape index (κ1) is 44.1. The van der Waals surface area contributed by atoms with Crippen LogP contribution >= 0.6 is 11.3 Å². The lowest BCUT2D eigenvalue weighted by Crippen LogP contribution is -2.61. The van der Waals surface area contributed by atoms with E-state index in [9.17, 15) is 0 Å². The number of thiophene rings is 1. The lowest BCUT2D eigenvalue weighted by Gasteiger charge is -2.44. The van der Waals surface area contributed by atoms with Gasteiger partial charge < -0.3 is 4.90 Å². The van der Waals surface area contributed by atoms with E-state index >= 15 is 0 Å². The van der Waals surface area contributed by atoms with E-state index in [-0.39, 0.29) is 33.8 Å². The van der Waals surface area contributed by atoms with E-state index in [4.69, 9.17) is 4.98 Å². The quantitative estimate of drug-likeness (QED) is 0.165. The van der Waals surface area contributed by atoms with Crippen LogP contribution in [0.15, 0.2) is 133 Å². The van der Waals surface area contributed by atoms with Gasteiger partial charge in [0.15, 0.2) is 0 Å². The summed E-state index contributed by atoms with van der Waals surface area (Å²) in [6.45, 7) is 30.7. The number of fused-ring (bicyclic) bond motifs is 10. The van der Waals surface area contributed by atoms with E-state index in [1.165, 1.54) is 93.5 Å². The molecule has 3 aliphatic rings. The fourth-order valence-electron chi connectivity index (χ4n) is 11.9. The molecule has 0 spiro atoms. The highest BCUT2D eigenvalue weighted by atomic mass is 32.1. The molecule has 0 N–H and O–H groups in total. The first-order chi connectivity index (χ1) is 32.6. The third-order valence-electron chi connectivity index (χ3n) is 16.1. The van der Waals surface area contributed by atoms with E-state index in [1.54, 1.807) is 0 Å². The molecule has 346 valence electrons. The number of aromatic nitrogens is 2. The lowest BCUT2D eigenvalue weighted by molar-refractivity contribution is 0.332. The average Bonchev–Trinajstić information content (AvgIpc) is 3.85. The van der Waals surface area contributed by atoms with E-state index in [2.05, 4.69) is 238 Å². The molecule has 6 heteroatoms. The maximum atomic E-state index is 6.11. The van der Waals surface area contributed by atoms with Gasteiger partial charge >= 0.3 is 0 Å². The molecule has 0 saturated heterocycles. The Morgan fingerprint density at radius 3 is 1.72 bits per heavy atom. The van der Waals surface area contributed by atoms with Gasteiger partial charge in [0.1, 0.15) is 11.6 Å². The Hall–Kier alpha value is -6.11. The summed E-state index contributed by atoms with van der Waals surface area (Å²) < 4.78 is 5.12. The molecule has 5 heterocycles. The van der Waals surface area contributed by atoms with Crippen molar-refractivity contribution in [2.24, 2.45) is 0 Å². The summed E-state index contributed by atoms with van der Waals surface area (Å²) in [5.41, 5.74) is 17.9. The largest absolute Gasteiger partial charge is 0.311 e. The predicted octanol–water partition coefficient (Wildman–Crippen LogP) is 15.7. The van der Waals surface area contributed by atoms with Crippen molar-refractivity contribution in [1.82, 2.24) is 9.55 Å². The first-order valence-electron chi connectivity index (χ1n) is 25.2. The molecule has 0 fully saturated rings. The molecule has 0 bridgehead atoms. The van der Waals surface area contributed by atoms with Gasteiger partial charge in [-0.1, -0.05) is 169 Å². The molecule has 69 heavy (non-hydrogen) atoms. The van der Waals surface area contributed by atoms with Gasteiger partial charge in [-0.05, 0) is 127 Å². The third-order valence-corrected chi connectivity index (χ3v) is 17.3. The van der Waals surface area contributed by atoms with Crippen LogP contribution in [0.2, 0.25) is 0 Å². The number of hydrogen-bond acceptors (Lipinski definition) is 4. The molecular weight excluding hydrogens is 856 g/mol. The van der Waals surface area contributed by atoms with Crippen molar-refractivity contribution < 1.29 is 0 Å². The number of benzene rings is 6. The van der Waals surface area contributed by atoms with Crippen LogP contribution in [0.4, 0.5) is 34.3 Å². The summed E-state index contributed by atoms with van der Waals surface area (Å²) >= 11 is 1.99. The topological polar surface area (TPSA) is 24.3 Å². The second-order valence-electron chi connectivity index (χ2n) is 24.8. The smallest absolute Gasteiger partial charge is 0.266 e. The summed E-state index contributed by atoms with van der Waals surface area (Å²) in [5, 5.41) is 3.74. The predicted molar refractivity (Wildman–Crippen MR) is 299 cm³/mol. The van der Waals surface area contributed by atoms with Crippen LogP contribution in [-0.2, 0) is 27.1 Å². The molecule has 0 saturated carbocycles. The van der Waals surface area contributed by atoms with Crippen LogP contribution in [0.5, 0.6) is 0 Å². The monoisotopic (exact) mass is 921 g/mol. The zero-order valence-electron chi connectivity index (χ0n) is 42.9. The van der Waals surface area contributed by atoms with Gasteiger partial charge in [0, 0.05) is 54.5 Å². The Balaban J connectivity index is 1.25. The van der Waals surface area contributed by atoms with Crippen molar-refractivity contribution in [1.29, 1.82) is 0 Å². The third kappa shape index (κ3) is 6.71. The maximum absolute atomic E-state index is 6.11. The van der Waals surface area contributed by atoms with Gasteiger partial charge in [-0.2, -0.15) is 0 Å². The average molecular weight is 921 g/mol. The van der Waals surface area contributed by atoms with Gasteiger partial charge in [-0.15, -0.1) is 11.3 Å². The maximum Gasteiger partial charge on any atom is 0.266 e. The molecule has 12 rings (SSSR count). The standard InChI is InChI=1S/C63H65BN4S/c1-59(2,3)38-22-26-41(27-23-38)66-51-31-25-39(60(4,5)6)34-48(51)64-55-52(66)37-54(68-49-20-16-14-18-43(49)44-19-15-17-21-50(44)68)65-58(55)67(42-28-30-46-47(36-42)63(12,13)33-32-62(46,10)11)56-45-29-24-40(61(7,8)9)35-53(45)69-57(56)64/h14-31,34-37H,32-33H2,1-13H3. The highest BCUT2D eigenvalue weighted by Gasteiger charge is 2.48. The summed E-state index contributed by atoms with van der Waals surface area (Å²) in [6.07, 6.45) is 2.32. The van der Waals surface area contributed by atoms with Gasteiger partial charge in [-0.3, -0.25) is 9.47 Å². The van der Waals surface area contributed by atoms with Crippen molar-refractivity contribution in [2.75, 3.05) is 9.80 Å². The van der Waals surface area contributed by atoms with Crippen molar-refractivity contribution in [3.8, 4) is 5.82 Å². The second-order valence-corrected chi connectivity index (χ2v) is 25.9. The first-order valence-corrected chi connectivity index (χ1v) is 26.0. The minimum absolute atomic E-state index is 0.00619. The summed E-state index contributed by atoms with van der Waals surface area (Å²) in [4.78, 5) is 11.3. The van der Waals surface area contributed by atoms with Gasteiger partial charge in [0.05, 0.1) is 16.7 Å². The van der Waals surface area contributed by atoms with Crippen molar-refractivity contribution in [3.63, 3.8) is 0 Å². The Labute approximate surface area is 414 Å². The van der Waals surface area contributed by atoms with Crippen LogP contribution in [0, 0.1) is 0 Å². The lowest BCUT2D eigenvalue weighted by atomic mass is 9.36. The number of pyridine rings is 1. The molecular formula is C63H65BN4S. The number of nitrogens with zero attached hydrogens (tertiary/aromatic N) is 4. The molecule has 6 aromatic carbocycles. The Kier molecular flexibility index (Phi) is 9.41. The van der Waals surface area contributed by atoms with E-state index in [1.807, 2.05) is 11.3 Å². The Morgan fingerprint density at radius 2 is 1.09 bits per heavy atom. The van der Waals surface area contributed by atoms with Crippen LogP contribution in [0.1, 0.15) is 131 Å². The Bertz CT molecular complexity index is 3530. The summed E-state index contributed by atoms with van der Waals surface area (Å²) in [6, 6.07) is 51.5. The van der Waals surface area contributed by atoms with Gasteiger partial charge in [0.2, 0.25) is 0 Å². The van der Waals surface area contributed by atoms with Crippen LogP contribution < -0.4 is 25.5 Å². The van der Waals surface area contributed by atoms with Crippen molar-refractivity contribution in [2.45, 2.75) is 130 Å².